The van der Waals surface area contributed by atoms with E-state index in [1.165, 1.54) is 11.1 Å². The summed E-state index contributed by atoms with van der Waals surface area (Å²) in [4.78, 5) is 13.9. The Morgan fingerprint density at radius 2 is 0.900 bits per heavy atom. The summed E-state index contributed by atoms with van der Waals surface area (Å²) in [6.45, 7) is 0. The molecule has 0 fully saturated rings. The van der Waals surface area contributed by atoms with Crippen LogP contribution in [-0.4, -0.2) is 15.0 Å². The zero-order valence-corrected chi connectivity index (χ0v) is 16.3. The third-order valence-corrected chi connectivity index (χ3v) is 4.98. The summed E-state index contributed by atoms with van der Waals surface area (Å²) >= 11 is 0. The van der Waals surface area contributed by atoms with Crippen LogP contribution in [0.1, 0.15) is 0 Å². The zero-order chi connectivity index (χ0) is 20.2. The first kappa shape index (κ1) is 18.0. The number of aromatic nitrogens is 3. The van der Waals surface area contributed by atoms with Gasteiger partial charge in [0.25, 0.3) is 0 Å². The van der Waals surface area contributed by atoms with E-state index in [4.69, 9.17) is 4.98 Å². The average Bonchev–Trinajstić information content (AvgIpc) is 2.85. The Labute approximate surface area is 175 Å². The third kappa shape index (κ3) is 3.74. The van der Waals surface area contributed by atoms with E-state index in [0.29, 0.717) is 0 Å². The summed E-state index contributed by atoms with van der Waals surface area (Å²) in [5, 5.41) is 0. The highest BCUT2D eigenvalue weighted by molar-refractivity contribution is 5.78. The first-order chi connectivity index (χ1) is 14.9. The molecule has 0 aliphatic rings. The maximum Gasteiger partial charge on any atom is 0.0900 e. The van der Waals surface area contributed by atoms with Crippen LogP contribution >= 0.6 is 0 Å². The predicted octanol–water partition coefficient (Wildman–Crippen LogP) is 6.54. The number of rotatable bonds is 4. The summed E-state index contributed by atoms with van der Waals surface area (Å²) in [6, 6.07) is 34.9. The van der Waals surface area contributed by atoms with E-state index < -0.39 is 0 Å². The van der Waals surface area contributed by atoms with E-state index in [1.54, 1.807) is 12.4 Å². The maximum atomic E-state index is 4.85. The highest BCUT2D eigenvalue weighted by Crippen LogP contribution is 2.31. The Morgan fingerprint density at radius 3 is 1.47 bits per heavy atom. The maximum absolute atomic E-state index is 4.85. The SMILES string of the molecule is c1ccc(-c2cccc(-c3cc(-c4ccccn4)nc(-c4ccccn4)c3)c2)cc1. The van der Waals surface area contributed by atoms with Crippen molar-refractivity contribution in [2.24, 2.45) is 0 Å². The molecule has 0 aliphatic heterocycles. The van der Waals surface area contributed by atoms with Gasteiger partial charge in [-0.05, 0) is 64.7 Å². The van der Waals surface area contributed by atoms with Crippen molar-refractivity contribution in [2.75, 3.05) is 0 Å². The number of pyridine rings is 3. The molecule has 3 nitrogen and oxygen atoms in total. The Balaban J connectivity index is 1.67. The molecule has 0 saturated heterocycles. The van der Waals surface area contributed by atoms with Crippen molar-refractivity contribution in [3.05, 3.63) is 116 Å². The van der Waals surface area contributed by atoms with Crippen molar-refractivity contribution in [1.29, 1.82) is 0 Å². The monoisotopic (exact) mass is 385 g/mol. The van der Waals surface area contributed by atoms with Crippen molar-refractivity contribution in [2.45, 2.75) is 0 Å². The topological polar surface area (TPSA) is 38.7 Å². The van der Waals surface area contributed by atoms with Gasteiger partial charge in [-0.1, -0.05) is 60.7 Å². The quantitative estimate of drug-likeness (QED) is 0.352. The molecule has 0 saturated carbocycles. The van der Waals surface area contributed by atoms with Crippen LogP contribution in [0.4, 0.5) is 0 Å². The summed E-state index contributed by atoms with van der Waals surface area (Å²) in [6.07, 6.45) is 3.58. The summed E-state index contributed by atoms with van der Waals surface area (Å²) in [5.74, 6) is 0. The molecule has 0 radical (unpaired) electrons. The molecule has 0 amide bonds. The largest absolute Gasteiger partial charge is 0.255 e. The fourth-order valence-electron chi connectivity index (χ4n) is 3.50. The van der Waals surface area contributed by atoms with E-state index in [-0.39, 0.29) is 0 Å². The van der Waals surface area contributed by atoms with E-state index in [2.05, 4.69) is 70.6 Å². The van der Waals surface area contributed by atoms with Gasteiger partial charge in [0.05, 0.1) is 22.8 Å². The van der Waals surface area contributed by atoms with Crippen LogP contribution in [0, 0.1) is 0 Å². The van der Waals surface area contributed by atoms with Gasteiger partial charge in [0.1, 0.15) is 0 Å². The molecule has 0 aliphatic carbocycles. The van der Waals surface area contributed by atoms with Crippen LogP contribution in [-0.2, 0) is 0 Å². The Morgan fingerprint density at radius 1 is 0.367 bits per heavy atom. The molecule has 0 bridgehead atoms. The predicted molar refractivity (Wildman–Crippen MR) is 122 cm³/mol. The van der Waals surface area contributed by atoms with E-state index in [0.717, 1.165) is 33.9 Å². The average molecular weight is 385 g/mol. The molecule has 3 heterocycles. The summed E-state index contributed by atoms with van der Waals surface area (Å²) in [5.41, 5.74) is 7.95. The second kappa shape index (κ2) is 8.10. The molecule has 0 N–H and O–H groups in total. The van der Waals surface area contributed by atoms with Gasteiger partial charge in [-0.25, -0.2) is 4.98 Å². The van der Waals surface area contributed by atoms with Gasteiger partial charge in [-0.2, -0.15) is 0 Å². The molecule has 30 heavy (non-hydrogen) atoms. The van der Waals surface area contributed by atoms with Gasteiger partial charge < -0.3 is 0 Å². The van der Waals surface area contributed by atoms with Crippen molar-refractivity contribution < 1.29 is 0 Å². The minimum Gasteiger partial charge on any atom is -0.255 e. The number of hydrogen-bond acceptors (Lipinski definition) is 3. The van der Waals surface area contributed by atoms with Gasteiger partial charge in [-0.15, -0.1) is 0 Å². The van der Waals surface area contributed by atoms with Crippen LogP contribution in [0.15, 0.2) is 116 Å². The molecule has 0 spiro atoms. The van der Waals surface area contributed by atoms with Crippen LogP contribution < -0.4 is 0 Å². The number of hydrogen-bond donors (Lipinski definition) is 0. The molecule has 2 aromatic carbocycles. The third-order valence-electron chi connectivity index (χ3n) is 4.98. The molecule has 5 rings (SSSR count). The Kier molecular flexibility index (Phi) is 4.84. The molecule has 3 heteroatoms. The van der Waals surface area contributed by atoms with Crippen molar-refractivity contribution in [3.63, 3.8) is 0 Å². The molecule has 0 unspecified atom stereocenters. The van der Waals surface area contributed by atoms with Crippen molar-refractivity contribution in [3.8, 4) is 45.0 Å². The van der Waals surface area contributed by atoms with Gasteiger partial charge >= 0.3 is 0 Å². The van der Waals surface area contributed by atoms with Crippen molar-refractivity contribution >= 4 is 0 Å². The second-order valence-corrected chi connectivity index (χ2v) is 7.00. The fraction of sp³-hybridized carbons (Fsp3) is 0. The lowest BCUT2D eigenvalue weighted by atomic mass is 9.98. The fourth-order valence-corrected chi connectivity index (χ4v) is 3.50. The summed E-state index contributed by atoms with van der Waals surface area (Å²) < 4.78 is 0. The molecule has 3 aromatic heterocycles. The van der Waals surface area contributed by atoms with Crippen molar-refractivity contribution in [1.82, 2.24) is 15.0 Å². The standard InChI is InChI=1S/C27H19N3/c1-2-9-20(10-3-1)21-11-8-12-22(17-21)23-18-26(24-13-4-6-15-28-24)30-27(19-23)25-14-5-7-16-29-25/h1-19H. The highest BCUT2D eigenvalue weighted by atomic mass is 14.8. The van der Waals surface area contributed by atoms with E-state index in [1.807, 2.05) is 42.5 Å². The lowest BCUT2D eigenvalue weighted by Gasteiger charge is -2.10. The minimum atomic E-state index is 0.832. The molecular weight excluding hydrogens is 366 g/mol. The van der Waals surface area contributed by atoms with E-state index in [9.17, 15) is 0 Å². The highest BCUT2D eigenvalue weighted by Gasteiger charge is 2.11. The van der Waals surface area contributed by atoms with Gasteiger partial charge in [-0.3, -0.25) is 9.97 Å². The molecule has 5 aromatic rings. The van der Waals surface area contributed by atoms with Gasteiger partial charge in [0, 0.05) is 12.4 Å². The first-order valence-corrected chi connectivity index (χ1v) is 9.87. The van der Waals surface area contributed by atoms with Crippen LogP contribution in [0.5, 0.6) is 0 Å². The Bertz CT molecular complexity index is 1210. The normalized spacial score (nSPS) is 10.7. The van der Waals surface area contributed by atoms with Crippen LogP contribution in [0.2, 0.25) is 0 Å². The second-order valence-electron chi connectivity index (χ2n) is 7.00. The van der Waals surface area contributed by atoms with Gasteiger partial charge in [0.15, 0.2) is 0 Å². The Hall–Kier alpha value is -4.11. The first-order valence-electron chi connectivity index (χ1n) is 9.87. The number of nitrogens with zero attached hydrogens (tertiary/aromatic N) is 3. The van der Waals surface area contributed by atoms with Crippen LogP contribution in [0.3, 0.4) is 0 Å². The lowest BCUT2D eigenvalue weighted by molar-refractivity contribution is 1.22. The molecule has 0 atom stereocenters. The zero-order valence-electron chi connectivity index (χ0n) is 16.3. The van der Waals surface area contributed by atoms with Crippen LogP contribution in [0.25, 0.3) is 45.0 Å². The molecular formula is C27H19N3. The molecule has 142 valence electrons. The minimum absolute atomic E-state index is 0.832. The smallest absolute Gasteiger partial charge is 0.0900 e. The lowest BCUT2D eigenvalue weighted by Crippen LogP contribution is -1.94. The number of benzene rings is 2. The summed E-state index contributed by atoms with van der Waals surface area (Å²) in [7, 11) is 0. The van der Waals surface area contributed by atoms with Gasteiger partial charge in [0.2, 0.25) is 0 Å². The van der Waals surface area contributed by atoms with E-state index >= 15 is 0 Å².